The van der Waals surface area contributed by atoms with Crippen molar-refractivity contribution in [2.45, 2.75) is 6.92 Å². The highest BCUT2D eigenvalue weighted by molar-refractivity contribution is 6.43. The van der Waals surface area contributed by atoms with Gasteiger partial charge in [0, 0.05) is 20.0 Å². The molecular formula is C10H12Cl2N2O. The number of carbonyl (C=O) groups excluding carboxylic acids is 1. The van der Waals surface area contributed by atoms with Gasteiger partial charge in [-0.15, -0.1) is 0 Å². The summed E-state index contributed by atoms with van der Waals surface area (Å²) in [5.41, 5.74) is 0.773. The summed E-state index contributed by atoms with van der Waals surface area (Å²) in [6, 6.07) is 5.37. The van der Waals surface area contributed by atoms with Crippen LogP contribution in [0.2, 0.25) is 10.0 Å². The molecule has 82 valence electrons. The first-order valence-electron chi connectivity index (χ1n) is 4.53. The highest BCUT2D eigenvalue weighted by atomic mass is 35.5. The minimum Gasteiger partial charge on any atom is -0.382 e. The zero-order chi connectivity index (χ0) is 11.3. The van der Waals surface area contributed by atoms with Crippen molar-refractivity contribution in [3.63, 3.8) is 0 Å². The van der Waals surface area contributed by atoms with E-state index in [9.17, 15) is 4.79 Å². The molecule has 3 nitrogen and oxygen atoms in total. The van der Waals surface area contributed by atoms with Crippen LogP contribution in [0.25, 0.3) is 0 Å². The lowest BCUT2D eigenvalue weighted by molar-refractivity contribution is -0.118. The van der Waals surface area contributed by atoms with Gasteiger partial charge in [-0.25, -0.2) is 0 Å². The third-order valence-electron chi connectivity index (χ3n) is 1.77. The molecule has 1 aromatic rings. The normalized spacial score (nSPS) is 9.80. The Morgan fingerprint density at radius 1 is 1.33 bits per heavy atom. The Hall–Kier alpha value is -0.930. The number of carbonyl (C=O) groups is 1. The molecule has 0 unspecified atom stereocenters. The van der Waals surface area contributed by atoms with Crippen molar-refractivity contribution in [3.8, 4) is 0 Å². The van der Waals surface area contributed by atoms with Gasteiger partial charge in [-0.3, -0.25) is 4.79 Å². The van der Waals surface area contributed by atoms with Gasteiger partial charge in [0.2, 0.25) is 5.91 Å². The average Bonchev–Trinajstić information content (AvgIpc) is 2.18. The maximum atomic E-state index is 10.6. The second-order valence-corrected chi connectivity index (χ2v) is 3.80. The largest absolute Gasteiger partial charge is 0.382 e. The molecule has 0 saturated carbocycles. The molecule has 0 heterocycles. The first kappa shape index (κ1) is 12.1. The summed E-state index contributed by atoms with van der Waals surface area (Å²) in [4.78, 5) is 10.6. The van der Waals surface area contributed by atoms with Gasteiger partial charge in [-0.05, 0) is 12.1 Å². The molecule has 1 amide bonds. The van der Waals surface area contributed by atoms with Crippen molar-refractivity contribution in [1.82, 2.24) is 5.32 Å². The van der Waals surface area contributed by atoms with Gasteiger partial charge in [-0.1, -0.05) is 29.3 Å². The minimum atomic E-state index is -0.0472. The van der Waals surface area contributed by atoms with E-state index in [-0.39, 0.29) is 5.91 Å². The topological polar surface area (TPSA) is 41.1 Å². The van der Waals surface area contributed by atoms with Crippen LogP contribution >= 0.6 is 23.2 Å². The molecule has 0 aliphatic rings. The average molecular weight is 247 g/mol. The summed E-state index contributed by atoms with van der Waals surface area (Å²) < 4.78 is 0. The number of halogens is 2. The Balaban J connectivity index is 2.44. The third kappa shape index (κ3) is 3.98. The standard InChI is InChI=1S/C10H12Cl2N2O/c1-7(15)13-5-6-14-9-4-2-3-8(11)10(9)12/h2-4,14H,5-6H2,1H3,(H,13,15). The van der Waals surface area contributed by atoms with Crippen LogP contribution in [0.5, 0.6) is 0 Å². The first-order valence-corrected chi connectivity index (χ1v) is 5.29. The molecule has 0 atom stereocenters. The Morgan fingerprint density at radius 2 is 2.07 bits per heavy atom. The zero-order valence-electron chi connectivity index (χ0n) is 8.31. The smallest absolute Gasteiger partial charge is 0.216 e. The van der Waals surface area contributed by atoms with E-state index in [4.69, 9.17) is 23.2 Å². The molecule has 0 aliphatic heterocycles. The van der Waals surface area contributed by atoms with Crippen molar-refractivity contribution in [2.75, 3.05) is 18.4 Å². The second kappa shape index (κ2) is 5.83. The van der Waals surface area contributed by atoms with E-state index >= 15 is 0 Å². The Morgan fingerprint density at radius 3 is 2.73 bits per heavy atom. The predicted octanol–water partition coefficient (Wildman–Crippen LogP) is 2.54. The number of nitrogens with one attached hydrogen (secondary N) is 2. The number of anilines is 1. The maximum absolute atomic E-state index is 10.6. The summed E-state index contributed by atoms with van der Waals surface area (Å²) in [5.74, 6) is -0.0472. The van der Waals surface area contributed by atoms with Crippen LogP contribution in [-0.2, 0) is 4.79 Å². The number of hydrogen-bond acceptors (Lipinski definition) is 2. The van der Waals surface area contributed by atoms with E-state index in [0.717, 1.165) is 5.69 Å². The summed E-state index contributed by atoms with van der Waals surface area (Å²) in [6.45, 7) is 2.64. The molecule has 15 heavy (non-hydrogen) atoms. The summed E-state index contributed by atoms with van der Waals surface area (Å²) in [7, 11) is 0. The predicted molar refractivity (Wildman–Crippen MR) is 63.6 cm³/mol. The quantitative estimate of drug-likeness (QED) is 0.803. The second-order valence-electron chi connectivity index (χ2n) is 3.01. The molecular weight excluding hydrogens is 235 g/mol. The summed E-state index contributed by atoms with van der Waals surface area (Å²) >= 11 is 11.8. The maximum Gasteiger partial charge on any atom is 0.216 e. The molecule has 1 rings (SSSR count). The lowest BCUT2D eigenvalue weighted by atomic mass is 10.3. The fraction of sp³-hybridized carbons (Fsp3) is 0.300. The van der Waals surface area contributed by atoms with Crippen LogP contribution in [-0.4, -0.2) is 19.0 Å². The molecule has 0 aliphatic carbocycles. The van der Waals surface area contributed by atoms with E-state index in [2.05, 4.69) is 10.6 Å². The Bertz CT molecular complexity index is 355. The first-order chi connectivity index (χ1) is 7.11. The van der Waals surface area contributed by atoms with Gasteiger partial charge < -0.3 is 10.6 Å². The fourth-order valence-electron chi connectivity index (χ4n) is 1.08. The van der Waals surface area contributed by atoms with Gasteiger partial charge >= 0.3 is 0 Å². The lowest BCUT2D eigenvalue weighted by Gasteiger charge is -2.09. The van der Waals surface area contributed by atoms with Gasteiger partial charge in [0.25, 0.3) is 0 Å². The minimum absolute atomic E-state index is 0.0472. The third-order valence-corrected chi connectivity index (χ3v) is 2.58. The van der Waals surface area contributed by atoms with Gasteiger partial charge in [0.05, 0.1) is 15.7 Å². The fourth-order valence-corrected chi connectivity index (χ4v) is 1.44. The van der Waals surface area contributed by atoms with E-state index in [0.29, 0.717) is 23.1 Å². The number of benzene rings is 1. The van der Waals surface area contributed by atoms with Crippen molar-refractivity contribution in [2.24, 2.45) is 0 Å². The number of rotatable bonds is 4. The monoisotopic (exact) mass is 246 g/mol. The van der Waals surface area contributed by atoms with Crippen LogP contribution in [0.3, 0.4) is 0 Å². The van der Waals surface area contributed by atoms with Gasteiger partial charge in [0.15, 0.2) is 0 Å². The van der Waals surface area contributed by atoms with E-state index < -0.39 is 0 Å². The van der Waals surface area contributed by atoms with Crippen molar-refractivity contribution in [3.05, 3.63) is 28.2 Å². The van der Waals surface area contributed by atoms with Crippen LogP contribution in [0, 0.1) is 0 Å². The van der Waals surface area contributed by atoms with Gasteiger partial charge in [-0.2, -0.15) is 0 Å². The number of amides is 1. The highest BCUT2D eigenvalue weighted by Crippen LogP contribution is 2.29. The van der Waals surface area contributed by atoms with Crippen molar-refractivity contribution < 1.29 is 4.79 Å². The van der Waals surface area contributed by atoms with Crippen LogP contribution < -0.4 is 10.6 Å². The molecule has 0 bridgehead atoms. The van der Waals surface area contributed by atoms with Crippen molar-refractivity contribution in [1.29, 1.82) is 0 Å². The zero-order valence-corrected chi connectivity index (χ0v) is 9.82. The molecule has 0 radical (unpaired) electrons. The van der Waals surface area contributed by atoms with Crippen LogP contribution in [0.1, 0.15) is 6.92 Å². The van der Waals surface area contributed by atoms with Crippen molar-refractivity contribution >= 4 is 34.8 Å². The van der Waals surface area contributed by atoms with E-state index in [1.807, 2.05) is 12.1 Å². The molecule has 0 aromatic heterocycles. The highest BCUT2D eigenvalue weighted by Gasteiger charge is 2.02. The molecule has 1 aromatic carbocycles. The van der Waals surface area contributed by atoms with E-state index in [1.54, 1.807) is 6.07 Å². The summed E-state index contributed by atoms with van der Waals surface area (Å²) in [5, 5.41) is 6.77. The van der Waals surface area contributed by atoms with Crippen LogP contribution in [0.4, 0.5) is 5.69 Å². The molecule has 0 fully saturated rings. The molecule has 5 heteroatoms. The number of hydrogen-bond donors (Lipinski definition) is 2. The van der Waals surface area contributed by atoms with Gasteiger partial charge in [0.1, 0.15) is 0 Å². The van der Waals surface area contributed by atoms with Crippen LogP contribution in [0.15, 0.2) is 18.2 Å². The Kier molecular flexibility index (Phi) is 4.72. The van der Waals surface area contributed by atoms with E-state index in [1.165, 1.54) is 6.92 Å². The Labute approximate surface area is 98.8 Å². The lowest BCUT2D eigenvalue weighted by Crippen LogP contribution is -2.26. The molecule has 0 saturated heterocycles. The molecule has 2 N–H and O–H groups in total. The summed E-state index contributed by atoms with van der Waals surface area (Å²) in [6.07, 6.45) is 0. The molecule has 0 spiro atoms. The SMILES string of the molecule is CC(=O)NCCNc1cccc(Cl)c1Cl.